The van der Waals surface area contributed by atoms with E-state index in [4.69, 9.17) is 9.84 Å². The van der Waals surface area contributed by atoms with Gasteiger partial charge in [0.15, 0.2) is 11.9 Å². The van der Waals surface area contributed by atoms with Gasteiger partial charge in [-0.3, -0.25) is 9.59 Å². The third-order valence-electron chi connectivity index (χ3n) is 2.91. The first-order chi connectivity index (χ1) is 8.63. The number of carbonyl (C=O) groups is 2. The highest BCUT2D eigenvalue weighted by Crippen LogP contribution is 2.20. The molecule has 1 amide bonds. The normalized spacial score (nSPS) is 20.0. The molecule has 1 aromatic rings. The first-order valence-electron chi connectivity index (χ1n) is 5.78. The first kappa shape index (κ1) is 12.7. The molecule has 0 spiro atoms. The van der Waals surface area contributed by atoms with Crippen LogP contribution >= 0.6 is 0 Å². The Kier molecular flexibility index (Phi) is 3.74. The Morgan fingerprint density at radius 3 is 3.00 bits per heavy atom. The molecule has 5 heteroatoms. The van der Waals surface area contributed by atoms with Crippen LogP contribution in [-0.4, -0.2) is 42.7 Å². The van der Waals surface area contributed by atoms with Crippen molar-refractivity contribution in [3.8, 4) is 0 Å². The Hall–Kier alpha value is -1.72. The topological polar surface area (TPSA) is 66.8 Å². The van der Waals surface area contributed by atoms with Crippen LogP contribution in [-0.2, 0) is 9.53 Å². The molecule has 1 atom stereocenters. The van der Waals surface area contributed by atoms with E-state index in [9.17, 15) is 9.59 Å². The number of morpholine rings is 1. The molecule has 0 bridgehead atoms. The van der Waals surface area contributed by atoms with Crippen LogP contribution in [0.2, 0.25) is 0 Å². The van der Waals surface area contributed by atoms with Crippen molar-refractivity contribution in [3.63, 3.8) is 0 Å². The number of ketones is 1. The lowest BCUT2D eigenvalue weighted by atomic mass is 10.1. The third-order valence-corrected chi connectivity index (χ3v) is 2.91. The molecule has 0 saturated carbocycles. The zero-order chi connectivity index (χ0) is 13.1. The number of anilines is 1. The lowest BCUT2D eigenvalue weighted by molar-refractivity contribution is -0.136. The molecule has 1 heterocycles. The summed E-state index contributed by atoms with van der Waals surface area (Å²) in [5.41, 5.74) is 1.22. The molecular weight excluding hydrogens is 234 g/mol. The van der Waals surface area contributed by atoms with Crippen LogP contribution in [0.5, 0.6) is 0 Å². The molecule has 0 aliphatic carbocycles. The van der Waals surface area contributed by atoms with Crippen LogP contribution in [0.25, 0.3) is 0 Å². The summed E-state index contributed by atoms with van der Waals surface area (Å²) in [5, 5.41) is 9.04. The maximum absolute atomic E-state index is 12.0. The number of hydrogen-bond donors (Lipinski definition) is 1. The number of Topliss-reactive ketones (excluding diaryl/α,β-unsaturated/α-hetero) is 1. The van der Waals surface area contributed by atoms with E-state index < -0.39 is 6.10 Å². The van der Waals surface area contributed by atoms with E-state index in [-0.39, 0.29) is 18.3 Å². The number of benzene rings is 1. The summed E-state index contributed by atoms with van der Waals surface area (Å²) >= 11 is 0. The Labute approximate surface area is 105 Å². The van der Waals surface area contributed by atoms with Gasteiger partial charge in [-0.15, -0.1) is 0 Å². The van der Waals surface area contributed by atoms with Crippen LogP contribution in [0.3, 0.4) is 0 Å². The molecule has 1 unspecified atom stereocenters. The van der Waals surface area contributed by atoms with E-state index in [0.717, 1.165) is 0 Å². The molecule has 2 rings (SSSR count). The van der Waals surface area contributed by atoms with Gasteiger partial charge in [0.1, 0.15) is 0 Å². The average molecular weight is 249 g/mol. The fraction of sp³-hybridized carbons (Fsp3) is 0.385. The number of nitrogens with zero attached hydrogens (tertiary/aromatic N) is 1. The van der Waals surface area contributed by atoms with E-state index >= 15 is 0 Å². The van der Waals surface area contributed by atoms with Crippen molar-refractivity contribution in [2.24, 2.45) is 0 Å². The van der Waals surface area contributed by atoms with Gasteiger partial charge in [-0.25, -0.2) is 0 Å². The fourth-order valence-corrected chi connectivity index (χ4v) is 1.92. The fourth-order valence-electron chi connectivity index (χ4n) is 1.92. The van der Waals surface area contributed by atoms with Gasteiger partial charge in [0.2, 0.25) is 0 Å². The number of ether oxygens (including phenoxy) is 1. The third kappa shape index (κ3) is 2.42. The number of rotatable bonds is 3. The van der Waals surface area contributed by atoms with Crippen molar-refractivity contribution in [1.29, 1.82) is 0 Å². The van der Waals surface area contributed by atoms with Crippen molar-refractivity contribution in [3.05, 3.63) is 29.8 Å². The van der Waals surface area contributed by atoms with Gasteiger partial charge in [0.05, 0.1) is 13.2 Å². The summed E-state index contributed by atoms with van der Waals surface area (Å²) in [5.74, 6) is -0.319. The van der Waals surface area contributed by atoms with Gasteiger partial charge >= 0.3 is 0 Å². The molecule has 1 aromatic carbocycles. The van der Waals surface area contributed by atoms with Gasteiger partial charge < -0.3 is 14.7 Å². The Morgan fingerprint density at radius 1 is 1.56 bits per heavy atom. The van der Waals surface area contributed by atoms with Crippen molar-refractivity contribution < 1.29 is 19.4 Å². The number of hydrogen-bond acceptors (Lipinski definition) is 4. The Bertz CT molecular complexity index is 472. The van der Waals surface area contributed by atoms with Gasteiger partial charge in [0, 0.05) is 17.8 Å². The zero-order valence-corrected chi connectivity index (χ0v) is 10.1. The summed E-state index contributed by atoms with van der Waals surface area (Å²) < 4.78 is 5.16. The molecule has 1 fully saturated rings. The Morgan fingerprint density at radius 2 is 2.33 bits per heavy atom. The standard InChI is InChI=1S/C13H15NO4/c1-9(16)10-3-2-4-11(7-10)14-5-6-18-12(8-15)13(14)17/h2-4,7,12,15H,5-6,8H2,1H3. The highest BCUT2D eigenvalue weighted by atomic mass is 16.5. The predicted molar refractivity (Wildman–Crippen MR) is 65.6 cm³/mol. The molecule has 0 aromatic heterocycles. The molecule has 5 nitrogen and oxygen atoms in total. The second kappa shape index (κ2) is 5.29. The number of carbonyl (C=O) groups excluding carboxylic acids is 2. The summed E-state index contributed by atoms with van der Waals surface area (Å²) in [7, 11) is 0. The lowest BCUT2D eigenvalue weighted by Crippen LogP contribution is -2.49. The number of amides is 1. The summed E-state index contributed by atoms with van der Waals surface area (Å²) in [6.07, 6.45) is -0.806. The molecule has 0 radical (unpaired) electrons. The van der Waals surface area contributed by atoms with Crippen LogP contribution < -0.4 is 4.90 Å². The van der Waals surface area contributed by atoms with E-state index in [1.54, 1.807) is 24.3 Å². The molecule has 1 saturated heterocycles. The average Bonchev–Trinajstić information content (AvgIpc) is 2.39. The van der Waals surface area contributed by atoms with Gasteiger partial charge in [-0.1, -0.05) is 12.1 Å². The minimum absolute atomic E-state index is 0.0451. The largest absolute Gasteiger partial charge is 0.393 e. The molecular formula is C13H15NO4. The van der Waals surface area contributed by atoms with Crippen LogP contribution in [0.1, 0.15) is 17.3 Å². The van der Waals surface area contributed by atoms with Crippen LogP contribution in [0.4, 0.5) is 5.69 Å². The number of aliphatic hydroxyl groups is 1. The summed E-state index contributed by atoms with van der Waals surface area (Å²) in [6, 6.07) is 6.90. The molecule has 1 aliphatic rings. The summed E-state index contributed by atoms with van der Waals surface area (Å²) in [4.78, 5) is 24.8. The number of aliphatic hydroxyl groups excluding tert-OH is 1. The van der Waals surface area contributed by atoms with Gasteiger partial charge in [-0.2, -0.15) is 0 Å². The van der Waals surface area contributed by atoms with Gasteiger partial charge in [0.25, 0.3) is 5.91 Å². The SMILES string of the molecule is CC(=O)c1cccc(N2CCOC(CO)C2=O)c1. The van der Waals surface area contributed by atoms with E-state index in [0.29, 0.717) is 24.4 Å². The van der Waals surface area contributed by atoms with E-state index in [1.165, 1.54) is 11.8 Å². The van der Waals surface area contributed by atoms with Crippen molar-refractivity contribution in [2.75, 3.05) is 24.7 Å². The van der Waals surface area contributed by atoms with Crippen molar-refractivity contribution in [2.45, 2.75) is 13.0 Å². The Balaban J connectivity index is 2.27. The van der Waals surface area contributed by atoms with Crippen LogP contribution in [0, 0.1) is 0 Å². The quantitative estimate of drug-likeness (QED) is 0.797. The lowest BCUT2D eigenvalue weighted by Gasteiger charge is -2.31. The monoisotopic (exact) mass is 249 g/mol. The van der Waals surface area contributed by atoms with Crippen molar-refractivity contribution in [1.82, 2.24) is 0 Å². The maximum Gasteiger partial charge on any atom is 0.258 e. The second-order valence-electron chi connectivity index (χ2n) is 4.14. The van der Waals surface area contributed by atoms with Crippen molar-refractivity contribution >= 4 is 17.4 Å². The maximum atomic E-state index is 12.0. The smallest absolute Gasteiger partial charge is 0.258 e. The minimum atomic E-state index is -0.806. The molecule has 1 aliphatic heterocycles. The van der Waals surface area contributed by atoms with Gasteiger partial charge in [-0.05, 0) is 19.1 Å². The van der Waals surface area contributed by atoms with E-state index in [1.807, 2.05) is 0 Å². The predicted octanol–water partition coefficient (Wildman–Crippen LogP) is 0.613. The zero-order valence-electron chi connectivity index (χ0n) is 10.1. The highest BCUT2D eigenvalue weighted by Gasteiger charge is 2.30. The van der Waals surface area contributed by atoms with E-state index in [2.05, 4.69) is 0 Å². The first-order valence-corrected chi connectivity index (χ1v) is 5.78. The second-order valence-corrected chi connectivity index (χ2v) is 4.14. The molecule has 18 heavy (non-hydrogen) atoms. The molecule has 96 valence electrons. The minimum Gasteiger partial charge on any atom is -0.393 e. The molecule has 1 N–H and O–H groups in total. The highest BCUT2D eigenvalue weighted by molar-refractivity contribution is 6.00. The van der Waals surface area contributed by atoms with Crippen LogP contribution in [0.15, 0.2) is 24.3 Å². The summed E-state index contributed by atoms with van der Waals surface area (Å²) in [6.45, 7) is 1.95.